The van der Waals surface area contributed by atoms with Crippen molar-refractivity contribution in [1.82, 2.24) is 5.32 Å². The number of hydrogen-bond donors (Lipinski definition) is 2. The summed E-state index contributed by atoms with van der Waals surface area (Å²) in [4.78, 5) is 12.1. The van der Waals surface area contributed by atoms with Crippen LogP contribution in [0.15, 0.2) is 28.7 Å². The minimum absolute atomic E-state index is 0.113. The van der Waals surface area contributed by atoms with Gasteiger partial charge in [0.2, 0.25) is 0 Å². The Morgan fingerprint density at radius 1 is 1.39 bits per heavy atom. The van der Waals surface area contributed by atoms with E-state index in [0.29, 0.717) is 12.8 Å². The van der Waals surface area contributed by atoms with Gasteiger partial charge < -0.3 is 10.4 Å². The maximum Gasteiger partial charge on any atom is 0.252 e. The second kappa shape index (κ2) is 5.41. The Labute approximate surface area is 116 Å². The van der Waals surface area contributed by atoms with Crippen LogP contribution in [0.2, 0.25) is 0 Å². The molecule has 2 rings (SSSR count). The van der Waals surface area contributed by atoms with Crippen LogP contribution >= 0.6 is 15.9 Å². The molecule has 3 nitrogen and oxygen atoms in total. The van der Waals surface area contributed by atoms with Gasteiger partial charge in [-0.3, -0.25) is 4.79 Å². The molecule has 0 saturated heterocycles. The predicted molar refractivity (Wildman–Crippen MR) is 74.1 cm³/mol. The van der Waals surface area contributed by atoms with E-state index in [0.717, 1.165) is 22.9 Å². The first-order valence-corrected chi connectivity index (χ1v) is 7.10. The molecule has 0 aromatic heterocycles. The Hall–Kier alpha value is -0.870. The number of carbonyl (C=O) groups is 1. The summed E-state index contributed by atoms with van der Waals surface area (Å²) in [6, 6.07) is 7.67. The molecule has 4 heteroatoms. The number of carbonyl (C=O) groups excluding carboxylic acids is 1. The first-order valence-electron chi connectivity index (χ1n) is 6.31. The molecule has 0 heterocycles. The lowest BCUT2D eigenvalue weighted by molar-refractivity contribution is -0.139. The molecular formula is C14H18BrNO2. The fourth-order valence-electron chi connectivity index (χ4n) is 2.42. The Morgan fingerprint density at radius 3 is 2.61 bits per heavy atom. The molecule has 1 unspecified atom stereocenters. The SMILES string of the molecule is CC(NC(=O)C1(O)CCCC1)c1ccccc1Br. The molecule has 0 spiro atoms. The van der Waals surface area contributed by atoms with Crippen molar-refractivity contribution in [1.29, 1.82) is 0 Å². The molecular weight excluding hydrogens is 294 g/mol. The lowest BCUT2D eigenvalue weighted by atomic mass is 10.00. The third-order valence-electron chi connectivity index (χ3n) is 3.57. The highest BCUT2D eigenvalue weighted by Gasteiger charge is 2.39. The Morgan fingerprint density at radius 2 is 2.00 bits per heavy atom. The van der Waals surface area contributed by atoms with Gasteiger partial charge in [-0.2, -0.15) is 0 Å². The molecule has 1 amide bonds. The van der Waals surface area contributed by atoms with E-state index in [1.165, 1.54) is 0 Å². The molecule has 1 saturated carbocycles. The Balaban J connectivity index is 2.06. The van der Waals surface area contributed by atoms with E-state index in [9.17, 15) is 9.90 Å². The average molecular weight is 312 g/mol. The van der Waals surface area contributed by atoms with Gasteiger partial charge in [0.1, 0.15) is 5.60 Å². The van der Waals surface area contributed by atoms with Gasteiger partial charge in [-0.25, -0.2) is 0 Å². The molecule has 1 aromatic carbocycles. The van der Waals surface area contributed by atoms with Gasteiger partial charge in [0.25, 0.3) is 5.91 Å². The van der Waals surface area contributed by atoms with Crippen LogP contribution in [0.3, 0.4) is 0 Å². The number of benzene rings is 1. The van der Waals surface area contributed by atoms with Crippen molar-refractivity contribution in [3.63, 3.8) is 0 Å². The highest BCUT2D eigenvalue weighted by Crippen LogP contribution is 2.31. The van der Waals surface area contributed by atoms with E-state index in [1.807, 2.05) is 31.2 Å². The summed E-state index contributed by atoms with van der Waals surface area (Å²) in [7, 11) is 0. The van der Waals surface area contributed by atoms with Gasteiger partial charge in [-0.1, -0.05) is 34.1 Å². The average Bonchev–Trinajstić information content (AvgIpc) is 2.78. The summed E-state index contributed by atoms with van der Waals surface area (Å²) in [5.74, 6) is -0.247. The van der Waals surface area contributed by atoms with Gasteiger partial charge >= 0.3 is 0 Å². The number of hydrogen-bond acceptors (Lipinski definition) is 2. The quantitative estimate of drug-likeness (QED) is 0.901. The normalized spacial score (nSPS) is 19.5. The molecule has 0 aliphatic heterocycles. The van der Waals surface area contributed by atoms with Crippen LogP contribution in [0, 0.1) is 0 Å². The molecule has 0 bridgehead atoms. The smallest absolute Gasteiger partial charge is 0.252 e. The third kappa shape index (κ3) is 2.75. The van der Waals surface area contributed by atoms with Gasteiger partial charge in [-0.05, 0) is 44.2 Å². The van der Waals surface area contributed by atoms with Crippen LogP contribution in [0.5, 0.6) is 0 Å². The summed E-state index contributed by atoms with van der Waals surface area (Å²) >= 11 is 3.47. The summed E-state index contributed by atoms with van der Waals surface area (Å²) < 4.78 is 0.969. The zero-order valence-electron chi connectivity index (χ0n) is 10.4. The Bertz CT molecular complexity index is 441. The van der Waals surface area contributed by atoms with Crippen molar-refractivity contribution in [3.8, 4) is 0 Å². The minimum Gasteiger partial charge on any atom is -0.380 e. The molecule has 1 aliphatic carbocycles. The number of aliphatic hydroxyl groups is 1. The Kier molecular flexibility index (Phi) is 4.07. The van der Waals surface area contributed by atoms with Crippen LogP contribution < -0.4 is 5.32 Å². The fraction of sp³-hybridized carbons (Fsp3) is 0.500. The molecule has 0 radical (unpaired) electrons. The minimum atomic E-state index is -1.16. The number of nitrogens with one attached hydrogen (secondary N) is 1. The highest BCUT2D eigenvalue weighted by molar-refractivity contribution is 9.10. The fourth-order valence-corrected chi connectivity index (χ4v) is 3.05. The van der Waals surface area contributed by atoms with E-state index in [1.54, 1.807) is 0 Å². The van der Waals surface area contributed by atoms with Crippen molar-refractivity contribution in [2.45, 2.75) is 44.2 Å². The first kappa shape index (κ1) is 13.6. The summed E-state index contributed by atoms with van der Waals surface area (Å²) in [6.07, 6.45) is 2.99. The maximum atomic E-state index is 12.1. The molecule has 98 valence electrons. The second-order valence-electron chi connectivity index (χ2n) is 4.96. The summed E-state index contributed by atoms with van der Waals surface area (Å²) in [5.41, 5.74) is -0.136. The molecule has 2 N–H and O–H groups in total. The second-order valence-corrected chi connectivity index (χ2v) is 5.81. The molecule has 1 aliphatic rings. The van der Waals surface area contributed by atoms with Crippen LogP contribution in [0.4, 0.5) is 0 Å². The van der Waals surface area contributed by atoms with Crippen LogP contribution in [-0.2, 0) is 4.79 Å². The van der Waals surface area contributed by atoms with E-state index in [2.05, 4.69) is 21.2 Å². The molecule has 1 atom stereocenters. The highest BCUT2D eigenvalue weighted by atomic mass is 79.9. The van der Waals surface area contributed by atoms with Crippen molar-refractivity contribution < 1.29 is 9.90 Å². The van der Waals surface area contributed by atoms with Crippen LogP contribution in [-0.4, -0.2) is 16.6 Å². The maximum absolute atomic E-state index is 12.1. The van der Waals surface area contributed by atoms with Crippen molar-refractivity contribution in [2.24, 2.45) is 0 Å². The van der Waals surface area contributed by atoms with E-state index < -0.39 is 5.60 Å². The predicted octanol–water partition coefficient (Wildman–Crippen LogP) is 2.93. The molecule has 18 heavy (non-hydrogen) atoms. The van der Waals surface area contributed by atoms with Gasteiger partial charge in [0.15, 0.2) is 0 Å². The lowest BCUT2D eigenvalue weighted by Crippen LogP contribution is -2.45. The molecule has 1 fully saturated rings. The standard InChI is InChI=1S/C14H18BrNO2/c1-10(11-6-2-3-7-12(11)15)16-13(17)14(18)8-4-5-9-14/h2-3,6-7,10,18H,4-5,8-9H2,1H3,(H,16,17). The van der Waals surface area contributed by atoms with Crippen LogP contribution in [0.25, 0.3) is 0 Å². The zero-order valence-corrected chi connectivity index (χ0v) is 12.0. The lowest BCUT2D eigenvalue weighted by Gasteiger charge is -2.24. The number of amides is 1. The topological polar surface area (TPSA) is 49.3 Å². The summed E-state index contributed by atoms with van der Waals surface area (Å²) in [5, 5.41) is 13.1. The van der Waals surface area contributed by atoms with E-state index in [-0.39, 0.29) is 11.9 Å². The zero-order chi connectivity index (χ0) is 13.2. The first-order chi connectivity index (χ1) is 8.53. The van der Waals surface area contributed by atoms with Crippen molar-refractivity contribution >= 4 is 21.8 Å². The van der Waals surface area contributed by atoms with E-state index >= 15 is 0 Å². The van der Waals surface area contributed by atoms with Gasteiger partial charge in [0.05, 0.1) is 6.04 Å². The largest absolute Gasteiger partial charge is 0.380 e. The number of halogens is 1. The monoisotopic (exact) mass is 311 g/mol. The van der Waals surface area contributed by atoms with Crippen molar-refractivity contribution in [2.75, 3.05) is 0 Å². The van der Waals surface area contributed by atoms with Gasteiger partial charge in [0, 0.05) is 4.47 Å². The summed E-state index contributed by atoms with van der Waals surface area (Å²) in [6.45, 7) is 1.93. The van der Waals surface area contributed by atoms with Crippen molar-refractivity contribution in [3.05, 3.63) is 34.3 Å². The third-order valence-corrected chi connectivity index (χ3v) is 4.29. The van der Waals surface area contributed by atoms with Crippen LogP contribution in [0.1, 0.15) is 44.2 Å². The van der Waals surface area contributed by atoms with E-state index in [4.69, 9.17) is 0 Å². The number of rotatable bonds is 3. The van der Waals surface area contributed by atoms with Gasteiger partial charge in [-0.15, -0.1) is 0 Å². The molecule has 1 aromatic rings.